The van der Waals surface area contributed by atoms with E-state index in [-0.39, 0.29) is 5.91 Å². The van der Waals surface area contributed by atoms with E-state index in [4.69, 9.17) is 0 Å². The van der Waals surface area contributed by atoms with E-state index in [0.717, 1.165) is 54.1 Å². The van der Waals surface area contributed by atoms with Crippen molar-refractivity contribution in [2.45, 2.75) is 27.2 Å². The molecule has 0 aliphatic heterocycles. The Bertz CT molecular complexity index is 1040. The molecule has 33 heavy (non-hydrogen) atoms. The van der Waals surface area contributed by atoms with Crippen LogP contribution in [0.3, 0.4) is 0 Å². The maximum Gasteiger partial charge on any atom is 0.251 e. The molecule has 0 fully saturated rings. The van der Waals surface area contributed by atoms with Gasteiger partial charge in [0, 0.05) is 35.9 Å². The number of rotatable bonds is 11. The third kappa shape index (κ3) is 7.58. The highest BCUT2D eigenvalue weighted by Gasteiger charge is 2.08. The maximum absolute atomic E-state index is 12.5. The van der Waals surface area contributed by atoms with Crippen LogP contribution >= 0.6 is 0 Å². The molecule has 172 valence electrons. The summed E-state index contributed by atoms with van der Waals surface area (Å²) in [5.74, 6) is -0.0189. The lowest BCUT2D eigenvalue weighted by molar-refractivity contribution is 0.0952. The van der Waals surface area contributed by atoms with Crippen molar-refractivity contribution in [3.8, 4) is 0 Å². The van der Waals surface area contributed by atoms with Gasteiger partial charge in [-0.25, -0.2) is 0 Å². The topological polar surface area (TPSA) is 57.3 Å². The molecule has 3 rings (SSSR count). The van der Waals surface area contributed by atoms with Crippen LogP contribution in [0.15, 0.2) is 67.0 Å². The molecule has 0 aliphatic carbocycles. The molecule has 2 N–H and O–H groups in total. The van der Waals surface area contributed by atoms with Crippen molar-refractivity contribution in [1.29, 1.82) is 0 Å². The first-order valence-corrected chi connectivity index (χ1v) is 11.7. The molecule has 0 atom stereocenters. The summed E-state index contributed by atoms with van der Waals surface area (Å²) in [6, 6.07) is 18.0. The largest absolute Gasteiger partial charge is 0.355 e. The van der Waals surface area contributed by atoms with E-state index in [9.17, 15) is 4.79 Å². The molecule has 0 aliphatic rings. The Morgan fingerprint density at radius 3 is 2.24 bits per heavy atom. The van der Waals surface area contributed by atoms with Gasteiger partial charge in [0.05, 0.1) is 0 Å². The molecule has 2 aromatic carbocycles. The minimum atomic E-state index is -0.0189. The zero-order valence-corrected chi connectivity index (χ0v) is 19.8. The lowest BCUT2D eigenvalue weighted by atomic mass is 10.1. The molecule has 1 aromatic heterocycles. The van der Waals surface area contributed by atoms with Gasteiger partial charge in [-0.3, -0.25) is 9.78 Å². The second-order valence-corrected chi connectivity index (χ2v) is 8.03. The zero-order valence-electron chi connectivity index (χ0n) is 19.8. The molecule has 0 saturated carbocycles. The standard InChI is InChI=1S/C28H34N4O/c1-4-32(5-2)20-6-17-30-28(33)25-11-14-27(22(3)21-25)31-26-12-9-23(10-13-26)7-8-24-15-18-29-19-16-24/h7-16,18-19,21,31H,4-6,17,20H2,1-3H3,(H,30,33)/b8-7+. The van der Waals surface area contributed by atoms with Crippen molar-refractivity contribution in [2.75, 3.05) is 31.5 Å². The number of anilines is 2. The summed E-state index contributed by atoms with van der Waals surface area (Å²) in [6.45, 7) is 10.1. The number of nitrogens with one attached hydrogen (secondary N) is 2. The Morgan fingerprint density at radius 1 is 0.939 bits per heavy atom. The summed E-state index contributed by atoms with van der Waals surface area (Å²) in [7, 11) is 0. The number of carbonyl (C=O) groups is 1. The van der Waals surface area contributed by atoms with E-state index in [0.29, 0.717) is 12.1 Å². The molecule has 0 unspecified atom stereocenters. The summed E-state index contributed by atoms with van der Waals surface area (Å²) >= 11 is 0. The smallest absolute Gasteiger partial charge is 0.251 e. The normalized spacial score (nSPS) is 11.2. The number of hydrogen-bond acceptors (Lipinski definition) is 4. The van der Waals surface area contributed by atoms with Crippen LogP contribution in [-0.4, -0.2) is 42.0 Å². The van der Waals surface area contributed by atoms with Crippen LogP contribution in [-0.2, 0) is 0 Å². The molecule has 5 heteroatoms. The fourth-order valence-corrected chi connectivity index (χ4v) is 3.59. The van der Waals surface area contributed by atoms with Gasteiger partial charge in [0.15, 0.2) is 0 Å². The average Bonchev–Trinajstić information content (AvgIpc) is 2.85. The Hall–Kier alpha value is -3.44. The minimum Gasteiger partial charge on any atom is -0.355 e. The summed E-state index contributed by atoms with van der Waals surface area (Å²) < 4.78 is 0. The van der Waals surface area contributed by atoms with Crippen LogP contribution in [0.2, 0.25) is 0 Å². The molecular weight excluding hydrogens is 408 g/mol. The van der Waals surface area contributed by atoms with Gasteiger partial charge in [0.1, 0.15) is 0 Å². The average molecular weight is 443 g/mol. The summed E-state index contributed by atoms with van der Waals surface area (Å²) in [6.07, 6.45) is 8.69. The molecule has 3 aromatic rings. The second kappa shape index (κ2) is 12.6. The fraction of sp³-hybridized carbons (Fsp3) is 0.286. The zero-order chi connectivity index (χ0) is 23.5. The monoisotopic (exact) mass is 442 g/mol. The molecular formula is C28H34N4O. The summed E-state index contributed by atoms with van der Waals surface area (Å²) in [4.78, 5) is 18.9. The first-order valence-electron chi connectivity index (χ1n) is 11.7. The third-order valence-corrected chi connectivity index (χ3v) is 5.68. The van der Waals surface area contributed by atoms with Crippen molar-refractivity contribution in [1.82, 2.24) is 15.2 Å². The number of carbonyl (C=O) groups excluding carboxylic acids is 1. The highest BCUT2D eigenvalue weighted by atomic mass is 16.1. The van der Waals surface area contributed by atoms with E-state index in [1.807, 2.05) is 37.3 Å². The summed E-state index contributed by atoms with van der Waals surface area (Å²) in [5.41, 5.74) is 5.98. The van der Waals surface area contributed by atoms with Gasteiger partial charge >= 0.3 is 0 Å². The first kappa shape index (κ1) is 24.2. The molecule has 0 bridgehead atoms. The van der Waals surface area contributed by atoms with Crippen molar-refractivity contribution in [3.05, 3.63) is 89.2 Å². The molecule has 1 heterocycles. The van der Waals surface area contributed by atoms with Crippen molar-refractivity contribution in [3.63, 3.8) is 0 Å². The lowest BCUT2D eigenvalue weighted by Crippen LogP contribution is -2.29. The molecule has 0 saturated heterocycles. The number of pyridine rings is 1. The number of aryl methyl sites for hydroxylation is 1. The number of aromatic nitrogens is 1. The highest BCUT2D eigenvalue weighted by Crippen LogP contribution is 2.22. The molecule has 5 nitrogen and oxygen atoms in total. The van der Waals surface area contributed by atoms with Crippen LogP contribution in [0.4, 0.5) is 11.4 Å². The van der Waals surface area contributed by atoms with Crippen LogP contribution in [0, 0.1) is 6.92 Å². The Morgan fingerprint density at radius 2 is 1.61 bits per heavy atom. The van der Waals surface area contributed by atoms with Crippen LogP contribution in [0.25, 0.3) is 12.2 Å². The van der Waals surface area contributed by atoms with Gasteiger partial charge in [0.2, 0.25) is 0 Å². The van der Waals surface area contributed by atoms with E-state index in [1.54, 1.807) is 12.4 Å². The predicted octanol–water partition coefficient (Wildman–Crippen LogP) is 5.77. The van der Waals surface area contributed by atoms with Crippen molar-refractivity contribution < 1.29 is 4.79 Å². The maximum atomic E-state index is 12.5. The molecule has 1 amide bonds. The number of benzene rings is 2. The number of nitrogens with zero attached hydrogens (tertiary/aromatic N) is 2. The second-order valence-electron chi connectivity index (χ2n) is 8.03. The predicted molar refractivity (Wildman–Crippen MR) is 139 cm³/mol. The van der Waals surface area contributed by atoms with Gasteiger partial charge in [0.25, 0.3) is 5.91 Å². The Labute approximate surface area is 197 Å². The highest BCUT2D eigenvalue weighted by molar-refractivity contribution is 5.95. The van der Waals surface area contributed by atoms with E-state index >= 15 is 0 Å². The summed E-state index contributed by atoms with van der Waals surface area (Å²) in [5, 5.41) is 6.48. The van der Waals surface area contributed by atoms with E-state index in [2.05, 4.69) is 70.8 Å². The van der Waals surface area contributed by atoms with Gasteiger partial charge in [-0.05, 0) is 92.1 Å². The van der Waals surface area contributed by atoms with E-state index < -0.39 is 0 Å². The van der Waals surface area contributed by atoms with Crippen LogP contribution in [0.5, 0.6) is 0 Å². The Kier molecular flexibility index (Phi) is 9.21. The minimum absolute atomic E-state index is 0.0189. The van der Waals surface area contributed by atoms with Gasteiger partial charge in [-0.15, -0.1) is 0 Å². The number of hydrogen-bond donors (Lipinski definition) is 2. The van der Waals surface area contributed by atoms with E-state index in [1.165, 1.54) is 0 Å². The van der Waals surface area contributed by atoms with Gasteiger partial charge < -0.3 is 15.5 Å². The van der Waals surface area contributed by atoms with Crippen LogP contribution < -0.4 is 10.6 Å². The Balaban J connectivity index is 1.53. The quantitative estimate of drug-likeness (QED) is 0.370. The first-order chi connectivity index (χ1) is 16.1. The van der Waals surface area contributed by atoms with Crippen LogP contribution in [0.1, 0.15) is 47.3 Å². The van der Waals surface area contributed by atoms with Crippen molar-refractivity contribution >= 4 is 29.4 Å². The molecule has 0 radical (unpaired) electrons. The fourth-order valence-electron chi connectivity index (χ4n) is 3.59. The lowest BCUT2D eigenvalue weighted by Gasteiger charge is -2.17. The third-order valence-electron chi connectivity index (χ3n) is 5.68. The van der Waals surface area contributed by atoms with Crippen molar-refractivity contribution in [2.24, 2.45) is 0 Å². The SMILES string of the molecule is CCN(CC)CCCNC(=O)c1ccc(Nc2ccc(/C=C/c3ccncc3)cc2)c(C)c1. The van der Waals surface area contributed by atoms with Gasteiger partial charge in [-0.1, -0.05) is 38.1 Å². The van der Waals surface area contributed by atoms with Gasteiger partial charge in [-0.2, -0.15) is 0 Å². The molecule has 0 spiro atoms. The number of amides is 1.